The lowest BCUT2D eigenvalue weighted by Gasteiger charge is -2.26. The van der Waals surface area contributed by atoms with E-state index in [1.807, 2.05) is 6.92 Å². The normalized spacial score (nSPS) is 12.6. The van der Waals surface area contributed by atoms with Crippen LogP contribution in [0.3, 0.4) is 0 Å². The molecule has 0 aromatic heterocycles. The maximum Gasteiger partial charge on any atom is 0.162 e. The molecule has 0 saturated carbocycles. The SMILES string of the molecule is CCC(=O)c1cc(C(C)(C)C)cc(C(C)(C)C)c1. The smallest absolute Gasteiger partial charge is 0.162 e. The first-order valence-corrected chi connectivity index (χ1v) is 6.75. The van der Waals surface area contributed by atoms with Crippen molar-refractivity contribution in [3.63, 3.8) is 0 Å². The number of hydrogen-bond donors (Lipinski definition) is 0. The average molecular weight is 246 g/mol. The van der Waals surface area contributed by atoms with Crippen molar-refractivity contribution < 1.29 is 4.79 Å². The molecule has 0 radical (unpaired) electrons. The number of hydrogen-bond acceptors (Lipinski definition) is 1. The van der Waals surface area contributed by atoms with E-state index in [9.17, 15) is 4.79 Å². The summed E-state index contributed by atoms with van der Waals surface area (Å²) in [5.74, 6) is 0.228. The molecule has 0 saturated heterocycles. The second kappa shape index (κ2) is 4.87. The first kappa shape index (κ1) is 14.9. The highest BCUT2D eigenvalue weighted by molar-refractivity contribution is 5.96. The summed E-state index contributed by atoms with van der Waals surface area (Å²) in [4.78, 5) is 12.0. The third kappa shape index (κ3) is 3.44. The van der Waals surface area contributed by atoms with Crippen LogP contribution in [0.25, 0.3) is 0 Å². The van der Waals surface area contributed by atoms with Gasteiger partial charge in [0.2, 0.25) is 0 Å². The van der Waals surface area contributed by atoms with Crippen LogP contribution >= 0.6 is 0 Å². The Bertz CT molecular complexity index is 409. The summed E-state index contributed by atoms with van der Waals surface area (Å²) in [6.45, 7) is 15.1. The molecule has 0 aliphatic heterocycles. The molecule has 0 amide bonds. The number of ketones is 1. The summed E-state index contributed by atoms with van der Waals surface area (Å²) < 4.78 is 0. The number of benzene rings is 1. The van der Waals surface area contributed by atoms with E-state index in [4.69, 9.17) is 0 Å². The van der Waals surface area contributed by atoms with Crippen molar-refractivity contribution in [3.8, 4) is 0 Å². The Balaban J connectivity index is 3.44. The van der Waals surface area contributed by atoms with Gasteiger partial charge in [0.05, 0.1) is 0 Å². The van der Waals surface area contributed by atoms with Gasteiger partial charge in [-0.3, -0.25) is 4.79 Å². The van der Waals surface area contributed by atoms with Gasteiger partial charge in [0.15, 0.2) is 5.78 Å². The third-order valence-corrected chi connectivity index (χ3v) is 3.31. The standard InChI is InChI=1S/C17H26O/c1-8-15(18)12-9-13(16(2,3)4)11-14(10-12)17(5,6)7/h9-11H,8H2,1-7H3. The first-order chi connectivity index (χ1) is 8.05. The van der Waals surface area contributed by atoms with Crippen LogP contribution < -0.4 is 0 Å². The van der Waals surface area contributed by atoms with Crippen LogP contribution in [0.1, 0.15) is 76.4 Å². The predicted molar refractivity (Wildman–Crippen MR) is 78.5 cm³/mol. The van der Waals surface area contributed by atoms with Gasteiger partial charge in [-0.25, -0.2) is 0 Å². The lowest BCUT2D eigenvalue weighted by molar-refractivity contribution is 0.0988. The highest BCUT2D eigenvalue weighted by Crippen LogP contribution is 2.30. The van der Waals surface area contributed by atoms with Crippen LogP contribution in [0.15, 0.2) is 18.2 Å². The average Bonchev–Trinajstić information content (AvgIpc) is 2.25. The van der Waals surface area contributed by atoms with E-state index < -0.39 is 0 Å². The molecule has 1 heteroatoms. The van der Waals surface area contributed by atoms with Gasteiger partial charge in [-0.05, 0) is 34.1 Å². The summed E-state index contributed by atoms with van der Waals surface area (Å²) in [5, 5.41) is 0. The molecule has 0 bridgehead atoms. The van der Waals surface area contributed by atoms with E-state index in [0.29, 0.717) is 6.42 Å². The van der Waals surface area contributed by atoms with Gasteiger partial charge in [0.25, 0.3) is 0 Å². The van der Waals surface area contributed by atoms with E-state index in [1.54, 1.807) is 0 Å². The number of Topliss-reactive ketones (excluding diaryl/α,β-unsaturated/α-hetero) is 1. The van der Waals surface area contributed by atoms with E-state index in [1.165, 1.54) is 11.1 Å². The van der Waals surface area contributed by atoms with E-state index in [2.05, 4.69) is 59.7 Å². The fourth-order valence-corrected chi connectivity index (χ4v) is 1.86. The van der Waals surface area contributed by atoms with E-state index >= 15 is 0 Å². The summed E-state index contributed by atoms with van der Waals surface area (Å²) >= 11 is 0. The fraction of sp³-hybridized carbons (Fsp3) is 0.588. The monoisotopic (exact) mass is 246 g/mol. The van der Waals surface area contributed by atoms with Gasteiger partial charge in [-0.2, -0.15) is 0 Å². The molecule has 0 heterocycles. The maximum absolute atomic E-state index is 12.0. The van der Waals surface area contributed by atoms with Crippen LogP contribution in [0.4, 0.5) is 0 Å². The fourth-order valence-electron chi connectivity index (χ4n) is 1.86. The highest BCUT2D eigenvalue weighted by atomic mass is 16.1. The molecule has 1 nitrogen and oxygen atoms in total. The zero-order valence-corrected chi connectivity index (χ0v) is 12.8. The van der Waals surface area contributed by atoms with Crippen LogP contribution in [0.5, 0.6) is 0 Å². The van der Waals surface area contributed by atoms with Gasteiger partial charge in [0, 0.05) is 12.0 Å². The minimum absolute atomic E-state index is 0.0734. The van der Waals surface area contributed by atoms with Crippen LogP contribution in [0, 0.1) is 0 Å². The molecular formula is C17H26O. The Morgan fingerprint density at radius 1 is 0.889 bits per heavy atom. The Morgan fingerprint density at radius 3 is 1.56 bits per heavy atom. The van der Waals surface area contributed by atoms with E-state index in [-0.39, 0.29) is 16.6 Å². The van der Waals surface area contributed by atoms with Crippen LogP contribution in [0.2, 0.25) is 0 Å². The van der Waals surface area contributed by atoms with E-state index in [0.717, 1.165) is 5.56 Å². The topological polar surface area (TPSA) is 17.1 Å². The van der Waals surface area contributed by atoms with Gasteiger partial charge >= 0.3 is 0 Å². The minimum Gasteiger partial charge on any atom is -0.294 e. The third-order valence-electron chi connectivity index (χ3n) is 3.31. The van der Waals surface area contributed by atoms with Crippen molar-refractivity contribution in [2.75, 3.05) is 0 Å². The van der Waals surface area contributed by atoms with Crippen molar-refractivity contribution in [1.29, 1.82) is 0 Å². The highest BCUT2D eigenvalue weighted by Gasteiger charge is 2.21. The maximum atomic E-state index is 12.0. The molecule has 0 unspecified atom stereocenters. The predicted octanol–water partition coefficient (Wildman–Crippen LogP) is 4.87. The lowest BCUT2D eigenvalue weighted by atomic mass is 9.79. The Labute approximate surface area is 112 Å². The van der Waals surface area contributed by atoms with Crippen molar-refractivity contribution in [2.45, 2.75) is 65.7 Å². The van der Waals surface area contributed by atoms with Gasteiger partial charge in [0.1, 0.15) is 0 Å². The first-order valence-electron chi connectivity index (χ1n) is 6.75. The minimum atomic E-state index is 0.0734. The summed E-state index contributed by atoms with van der Waals surface area (Å²) in [6.07, 6.45) is 0.567. The molecule has 1 aromatic rings. The zero-order chi connectivity index (χ0) is 14.1. The van der Waals surface area contributed by atoms with Gasteiger partial charge in [-0.15, -0.1) is 0 Å². The molecule has 0 spiro atoms. The molecule has 1 aromatic carbocycles. The quantitative estimate of drug-likeness (QED) is 0.680. The van der Waals surface area contributed by atoms with Crippen molar-refractivity contribution >= 4 is 5.78 Å². The Hall–Kier alpha value is -1.11. The Kier molecular flexibility index (Phi) is 4.05. The van der Waals surface area contributed by atoms with Crippen molar-refractivity contribution in [2.24, 2.45) is 0 Å². The Morgan fingerprint density at radius 2 is 1.28 bits per heavy atom. The van der Waals surface area contributed by atoms with Crippen molar-refractivity contribution in [1.82, 2.24) is 0 Å². The molecule has 0 fully saturated rings. The molecule has 18 heavy (non-hydrogen) atoms. The van der Waals surface area contributed by atoms with Gasteiger partial charge in [-0.1, -0.05) is 54.5 Å². The molecular weight excluding hydrogens is 220 g/mol. The molecule has 100 valence electrons. The lowest BCUT2D eigenvalue weighted by Crippen LogP contribution is -2.18. The second-order valence-corrected chi connectivity index (χ2v) is 7.08. The summed E-state index contributed by atoms with van der Waals surface area (Å²) in [7, 11) is 0. The molecule has 1 rings (SSSR count). The van der Waals surface area contributed by atoms with Crippen molar-refractivity contribution in [3.05, 3.63) is 34.9 Å². The number of carbonyl (C=O) groups is 1. The zero-order valence-electron chi connectivity index (χ0n) is 12.8. The molecule has 0 aliphatic rings. The van der Waals surface area contributed by atoms with Crippen LogP contribution in [-0.4, -0.2) is 5.78 Å². The number of carbonyl (C=O) groups excluding carboxylic acids is 1. The largest absolute Gasteiger partial charge is 0.294 e. The second-order valence-electron chi connectivity index (χ2n) is 7.08. The summed E-state index contributed by atoms with van der Waals surface area (Å²) in [5.41, 5.74) is 3.49. The van der Waals surface area contributed by atoms with Crippen LogP contribution in [-0.2, 0) is 10.8 Å². The molecule has 0 atom stereocenters. The van der Waals surface area contributed by atoms with Gasteiger partial charge < -0.3 is 0 Å². The number of rotatable bonds is 2. The molecule has 0 N–H and O–H groups in total. The molecule has 0 aliphatic carbocycles. The summed E-state index contributed by atoms with van der Waals surface area (Å²) in [6, 6.07) is 6.36.